The zero-order chi connectivity index (χ0) is 14.3. The van der Waals surface area contributed by atoms with Crippen molar-refractivity contribution in [1.82, 2.24) is 13.9 Å². The number of aromatic nitrogens is 2. The first-order chi connectivity index (χ1) is 9.49. The zero-order valence-electron chi connectivity index (χ0n) is 11.9. The smallest absolute Gasteiger partial charge is 0.211 e. The Labute approximate surface area is 119 Å². The quantitative estimate of drug-likeness (QED) is 0.806. The third-order valence-electron chi connectivity index (χ3n) is 4.08. The van der Waals surface area contributed by atoms with Crippen LogP contribution in [0.3, 0.4) is 0 Å². The lowest BCUT2D eigenvalue weighted by Crippen LogP contribution is -2.39. The highest BCUT2D eigenvalue weighted by Gasteiger charge is 2.34. The lowest BCUT2D eigenvalue weighted by atomic mass is 10.0. The van der Waals surface area contributed by atoms with E-state index in [9.17, 15) is 8.42 Å². The molecule has 2 heterocycles. The van der Waals surface area contributed by atoms with Crippen LogP contribution in [0.1, 0.15) is 30.1 Å². The second-order valence-electron chi connectivity index (χ2n) is 5.88. The van der Waals surface area contributed by atoms with Gasteiger partial charge in [0, 0.05) is 31.8 Å². The fourth-order valence-electron chi connectivity index (χ4n) is 2.90. The van der Waals surface area contributed by atoms with Gasteiger partial charge in [-0.05, 0) is 18.8 Å². The number of fused-ring (bicyclic) bond motifs is 1. The fraction of sp³-hybridized carbons (Fsp3) is 0.769. The van der Waals surface area contributed by atoms with Gasteiger partial charge in [0.2, 0.25) is 10.0 Å². The van der Waals surface area contributed by atoms with Crippen LogP contribution in [0.5, 0.6) is 0 Å². The Kier molecular flexibility index (Phi) is 3.60. The maximum absolute atomic E-state index is 11.8. The van der Waals surface area contributed by atoms with Crippen LogP contribution in [0.15, 0.2) is 6.33 Å². The SMILES string of the molecule is COC[C@@H]1CN(S(C)(=O)=O)Cc2ncn(CC3CC3)c21. The standard InChI is InChI=1S/C13H21N3O3S/c1-19-8-11-6-16(20(2,17)18)7-12-13(11)15(9-14-12)5-10-3-4-10/h9-11H,3-8H2,1-2H3/t11-/m0/s1. The third-order valence-corrected chi connectivity index (χ3v) is 5.30. The van der Waals surface area contributed by atoms with Crippen molar-refractivity contribution in [3.8, 4) is 0 Å². The Bertz CT molecular complexity index is 592. The number of rotatable bonds is 5. The van der Waals surface area contributed by atoms with Gasteiger partial charge in [-0.1, -0.05) is 0 Å². The molecule has 7 heteroatoms. The summed E-state index contributed by atoms with van der Waals surface area (Å²) >= 11 is 0. The monoisotopic (exact) mass is 299 g/mol. The molecule has 0 bridgehead atoms. The first-order valence-electron chi connectivity index (χ1n) is 6.97. The summed E-state index contributed by atoms with van der Waals surface area (Å²) in [6.07, 6.45) is 5.69. The Morgan fingerprint density at radius 3 is 2.80 bits per heavy atom. The number of ether oxygens (including phenoxy) is 1. The number of hydrogen-bond donors (Lipinski definition) is 0. The number of methoxy groups -OCH3 is 1. The molecule has 1 aliphatic heterocycles. The van der Waals surface area contributed by atoms with Gasteiger partial charge in [-0.15, -0.1) is 0 Å². The van der Waals surface area contributed by atoms with Crippen molar-refractivity contribution < 1.29 is 13.2 Å². The van der Waals surface area contributed by atoms with Crippen LogP contribution < -0.4 is 0 Å². The van der Waals surface area contributed by atoms with E-state index in [1.807, 2.05) is 6.33 Å². The second kappa shape index (κ2) is 5.13. The molecule has 0 aromatic carbocycles. The Morgan fingerprint density at radius 1 is 1.45 bits per heavy atom. The first-order valence-corrected chi connectivity index (χ1v) is 8.82. The van der Waals surface area contributed by atoms with Crippen LogP contribution in [0.2, 0.25) is 0 Å². The summed E-state index contributed by atoms with van der Waals surface area (Å²) in [6.45, 7) is 2.39. The number of imidazole rings is 1. The molecule has 0 N–H and O–H groups in total. The van der Waals surface area contributed by atoms with E-state index in [2.05, 4.69) is 9.55 Å². The largest absolute Gasteiger partial charge is 0.384 e. The average molecular weight is 299 g/mol. The average Bonchev–Trinajstić information content (AvgIpc) is 3.08. The van der Waals surface area contributed by atoms with Crippen LogP contribution in [0, 0.1) is 5.92 Å². The highest BCUT2D eigenvalue weighted by molar-refractivity contribution is 7.88. The molecule has 1 aromatic rings. The van der Waals surface area contributed by atoms with Crippen molar-refractivity contribution >= 4 is 10.0 Å². The summed E-state index contributed by atoms with van der Waals surface area (Å²) in [6, 6.07) is 0. The maximum Gasteiger partial charge on any atom is 0.211 e. The van der Waals surface area contributed by atoms with Crippen LogP contribution in [0.4, 0.5) is 0 Å². The summed E-state index contributed by atoms with van der Waals surface area (Å²) in [5.41, 5.74) is 2.04. The predicted octanol–water partition coefficient (Wildman–Crippen LogP) is 0.798. The molecule has 112 valence electrons. The lowest BCUT2D eigenvalue weighted by molar-refractivity contribution is 0.159. The van der Waals surface area contributed by atoms with Gasteiger partial charge in [0.05, 0.1) is 31.4 Å². The van der Waals surface area contributed by atoms with Crippen LogP contribution in [0.25, 0.3) is 0 Å². The van der Waals surface area contributed by atoms with E-state index in [4.69, 9.17) is 4.74 Å². The van der Waals surface area contributed by atoms with E-state index in [0.29, 0.717) is 19.7 Å². The van der Waals surface area contributed by atoms with Crippen molar-refractivity contribution in [1.29, 1.82) is 0 Å². The molecule has 1 fully saturated rings. The zero-order valence-corrected chi connectivity index (χ0v) is 12.8. The van der Waals surface area contributed by atoms with E-state index >= 15 is 0 Å². The predicted molar refractivity (Wildman–Crippen MR) is 74.8 cm³/mol. The summed E-state index contributed by atoms with van der Waals surface area (Å²) in [7, 11) is -1.54. The van der Waals surface area contributed by atoms with E-state index in [1.165, 1.54) is 29.1 Å². The van der Waals surface area contributed by atoms with Gasteiger partial charge in [0.15, 0.2) is 0 Å². The minimum Gasteiger partial charge on any atom is -0.384 e. The molecule has 2 aliphatic rings. The first kappa shape index (κ1) is 14.0. The molecular weight excluding hydrogens is 278 g/mol. The van der Waals surface area contributed by atoms with Gasteiger partial charge in [0.25, 0.3) is 0 Å². The fourth-order valence-corrected chi connectivity index (χ4v) is 3.71. The summed E-state index contributed by atoms with van der Waals surface area (Å²) in [4.78, 5) is 4.44. The molecule has 0 amide bonds. The van der Waals surface area contributed by atoms with Crippen molar-refractivity contribution in [3.63, 3.8) is 0 Å². The van der Waals surface area contributed by atoms with Crippen molar-refractivity contribution in [2.24, 2.45) is 5.92 Å². The van der Waals surface area contributed by atoms with Crippen LogP contribution in [-0.2, 0) is 27.8 Å². The molecule has 0 saturated heterocycles. The Hall–Kier alpha value is -0.920. The van der Waals surface area contributed by atoms with Gasteiger partial charge < -0.3 is 9.30 Å². The van der Waals surface area contributed by atoms with E-state index in [1.54, 1.807) is 7.11 Å². The van der Waals surface area contributed by atoms with Gasteiger partial charge in [0.1, 0.15) is 0 Å². The summed E-state index contributed by atoms with van der Waals surface area (Å²) in [5.74, 6) is 0.837. The molecule has 20 heavy (non-hydrogen) atoms. The van der Waals surface area contributed by atoms with Gasteiger partial charge in [-0.25, -0.2) is 13.4 Å². The van der Waals surface area contributed by atoms with E-state index < -0.39 is 10.0 Å². The molecule has 0 unspecified atom stereocenters. The molecule has 0 radical (unpaired) electrons. The summed E-state index contributed by atoms with van der Waals surface area (Å²) in [5, 5.41) is 0. The minimum atomic E-state index is -3.19. The normalized spacial score (nSPS) is 23.8. The topological polar surface area (TPSA) is 64.4 Å². The molecule has 1 aromatic heterocycles. The second-order valence-corrected chi connectivity index (χ2v) is 7.86. The van der Waals surface area contributed by atoms with Gasteiger partial charge >= 0.3 is 0 Å². The molecule has 1 saturated carbocycles. The van der Waals surface area contributed by atoms with Crippen molar-refractivity contribution in [2.45, 2.75) is 31.8 Å². The number of nitrogens with zero attached hydrogens (tertiary/aromatic N) is 3. The lowest BCUT2D eigenvalue weighted by Gasteiger charge is -2.31. The molecule has 6 nitrogen and oxygen atoms in total. The molecule has 3 rings (SSSR count). The van der Waals surface area contributed by atoms with Gasteiger partial charge in [-0.2, -0.15) is 4.31 Å². The Balaban J connectivity index is 1.91. The van der Waals surface area contributed by atoms with E-state index in [-0.39, 0.29) is 5.92 Å². The minimum absolute atomic E-state index is 0.0692. The maximum atomic E-state index is 11.8. The molecule has 0 spiro atoms. The van der Waals surface area contributed by atoms with Crippen molar-refractivity contribution in [2.75, 3.05) is 26.5 Å². The number of sulfonamides is 1. The highest BCUT2D eigenvalue weighted by atomic mass is 32.2. The number of hydrogen-bond acceptors (Lipinski definition) is 4. The van der Waals surface area contributed by atoms with Crippen LogP contribution in [-0.4, -0.2) is 48.8 Å². The molecule has 1 aliphatic carbocycles. The van der Waals surface area contributed by atoms with E-state index in [0.717, 1.165) is 18.2 Å². The summed E-state index contributed by atoms with van der Waals surface area (Å²) < 4.78 is 32.6. The third kappa shape index (κ3) is 2.75. The highest BCUT2D eigenvalue weighted by Crippen LogP contribution is 2.34. The van der Waals surface area contributed by atoms with Gasteiger partial charge in [-0.3, -0.25) is 0 Å². The molecule has 1 atom stereocenters. The Morgan fingerprint density at radius 2 is 2.20 bits per heavy atom. The van der Waals surface area contributed by atoms with Crippen LogP contribution >= 0.6 is 0 Å². The van der Waals surface area contributed by atoms with Crippen molar-refractivity contribution in [3.05, 3.63) is 17.7 Å². The molecular formula is C13H21N3O3S.